The molecule has 2 aromatic rings. The maximum Gasteiger partial charge on any atom is 0.387 e. The summed E-state index contributed by atoms with van der Waals surface area (Å²) in [6.45, 7) is -0.795. The number of ether oxygens (including phenoxy) is 3. The van der Waals surface area contributed by atoms with Crippen molar-refractivity contribution in [3.63, 3.8) is 0 Å². The number of rotatable bonds is 14. The predicted octanol–water partition coefficient (Wildman–Crippen LogP) is 1.32. The van der Waals surface area contributed by atoms with Crippen LogP contribution in [0, 0.1) is 0 Å². The monoisotopic (exact) mass is 432 g/mol. The maximum atomic E-state index is 13.0. The van der Waals surface area contributed by atoms with Crippen LogP contribution in [0.3, 0.4) is 0 Å². The summed E-state index contributed by atoms with van der Waals surface area (Å²) in [5.41, 5.74) is 0.789. The average molecular weight is 432 g/mol. The summed E-state index contributed by atoms with van der Waals surface area (Å²) < 4.78 is 15.7. The maximum absolute atomic E-state index is 13.0. The lowest BCUT2D eigenvalue weighted by molar-refractivity contribution is -0.409. The zero-order valence-electron chi connectivity index (χ0n) is 16.8. The lowest BCUT2D eigenvalue weighted by atomic mass is 10.1. The third-order valence-corrected chi connectivity index (χ3v) is 3.88. The van der Waals surface area contributed by atoms with Crippen LogP contribution in [-0.4, -0.2) is 56.4 Å². The quantitative estimate of drug-likeness (QED) is 0.118. The van der Waals surface area contributed by atoms with E-state index in [-0.39, 0.29) is 38.4 Å². The third kappa shape index (κ3) is 7.58. The predicted molar refractivity (Wildman–Crippen MR) is 106 cm³/mol. The molecule has 0 aliphatic rings. The van der Waals surface area contributed by atoms with E-state index < -0.39 is 24.3 Å². The Hall–Kier alpha value is -3.11. The molecule has 0 heterocycles. The van der Waals surface area contributed by atoms with Gasteiger partial charge in [-0.3, -0.25) is 4.79 Å². The largest absolute Gasteiger partial charge is 0.458 e. The molecule has 166 valence electrons. The minimum Gasteiger partial charge on any atom is -0.458 e. The number of hydrogen-bond acceptors (Lipinski definition) is 9. The molecule has 0 spiro atoms. The number of carbonyl (C=O) groups excluding carboxylic acids is 3. The van der Waals surface area contributed by atoms with Gasteiger partial charge in [0.25, 0.3) is 0 Å². The third-order valence-electron chi connectivity index (χ3n) is 3.88. The fraction of sp³-hybridized carbons (Fsp3) is 0.318. The van der Waals surface area contributed by atoms with E-state index in [1.807, 2.05) is 0 Å². The van der Waals surface area contributed by atoms with Gasteiger partial charge in [-0.1, -0.05) is 60.7 Å². The van der Waals surface area contributed by atoms with Gasteiger partial charge in [0.05, 0.1) is 26.2 Å². The first-order chi connectivity index (χ1) is 15.1. The van der Waals surface area contributed by atoms with Gasteiger partial charge < -0.3 is 24.1 Å². The van der Waals surface area contributed by atoms with Crippen LogP contribution in [0.15, 0.2) is 60.7 Å². The number of carbonyl (C=O) groups is 3. The number of esters is 2. The van der Waals surface area contributed by atoms with E-state index in [0.717, 1.165) is 0 Å². The first-order valence-corrected chi connectivity index (χ1v) is 9.53. The molecule has 0 saturated carbocycles. The Labute approximate surface area is 179 Å². The van der Waals surface area contributed by atoms with Gasteiger partial charge in [-0.15, -0.1) is 0 Å². The number of aliphatic hydroxyl groups excluding tert-OH is 1. The highest BCUT2D eigenvalue weighted by molar-refractivity contribution is 5.84. The molecule has 1 unspecified atom stereocenters. The smallest absolute Gasteiger partial charge is 0.387 e. The van der Waals surface area contributed by atoms with Crippen LogP contribution in [0.2, 0.25) is 0 Å². The lowest BCUT2D eigenvalue weighted by Crippen LogP contribution is -2.45. The summed E-state index contributed by atoms with van der Waals surface area (Å²) in [6, 6.07) is 16.7. The van der Waals surface area contributed by atoms with Crippen LogP contribution in [0.1, 0.15) is 11.1 Å². The van der Waals surface area contributed by atoms with Crippen molar-refractivity contribution in [1.29, 1.82) is 0 Å². The van der Waals surface area contributed by atoms with E-state index in [1.54, 1.807) is 48.5 Å². The highest BCUT2D eigenvalue weighted by atomic mass is 17.2. The first kappa shape index (κ1) is 24.2. The minimum atomic E-state index is -2.40. The molecule has 0 fully saturated rings. The van der Waals surface area contributed by atoms with E-state index in [9.17, 15) is 14.4 Å². The summed E-state index contributed by atoms with van der Waals surface area (Å²) in [4.78, 5) is 46.3. The number of benzene rings is 2. The van der Waals surface area contributed by atoms with Crippen molar-refractivity contribution in [2.75, 3.05) is 33.0 Å². The standard InChI is InChI=1S/C22H24O9/c23-11-13-27-15-16-28-21(26)22(31-29-14-12-24,19-9-5-2-6-10-19)30-20(25)17-18-7-3-1-4-8-18/h1-10,12,23H,11,13-17H2. The van der Waals surface area contributed by atoms with Crippen LogP contribution in [0.4, 0.5) is 0 Å². The van der Waals surface area contributed by atoms with Crippen molar-refractivity contribution in [2.45, 2.75) is 12.2 Å². The molecule has 9 nitrogen and oxygen atoms in total. The van der Waals surface area contributed by atoms with Crippen molar-refractivity contribution in [2.24, 2.45) is 0 Å². The fourth-order valence-electron chi connectivity index (χ4n) is 2.53. The van der Waals surface area contributed by atoms with Crippen molar-refractivity contribution in [3.8, 4) is 0 Å². The van der Waals surface area contributed by atoms with Crippen LogP contribution < -0.4 is 0 Å². The summed E-state index contributed by atoms with van der Waals surface area (Å²) in [7, 11) is 0. The molecule has 1 N–H and O–H groups in total. The Morgan fingerprint density at radius 2 is 1.61 bits per heavy atom. The molecule has 2 aromatic carbocycles. The van der Waals surface area contributed by atoms with Crippen molar-refractivity contribution in [3.05, 3.63) is 71.8 Å². The molecule has 9 heteroatoms. The second-order valence-corrected chi connectivity index (χ2v) is 6.13. The van der Waals surface area contributed by atoms with Crippen LogP contribution >= 0.6 is 0 Å². The van der Waals surface area contributed by atoms with Gasteiger partial charge in [-0.2, -0.15) is 4.89 Å². The number of aliphatic hydroxyl groups is 1. The van der Waals surface area contributed by atoms with Crippen LogP contribution in [0.5, 0.6) is 0 Å². The Morgan fingerprint density at radius 3 is 2.26 bits per heavy atom. The first-order valence-electron chi connectivity index (χ1n) is 9.53. The van der Waals surface area contributed by atoms with E-state index in [2.05, 4.69) is 0 Å². The van der Waals surface area contributed by atoms with Gasteiger partial charge >= 0.3 is 17.7 Å². The molecular formula is C22H24O9. The van der Waals surface area contributed by atoms with Crippen molar-refractivity contribution in [1.82, 2.24) is 0 Å². The zero-order chi connectivity index (χ0) is 22.4. The lowest BCUT2D eigenvalue weighted by Gasteiger charge is -2.29. The summed E-state index contributed by atoms with van der Waals surface area (Å²) in [5, 5.41) is 8.74. The van der Waals surface area contributed by atoms with Gasteiger partial charge in [0.15, 0.2) is 0 Å². The fourth-order valence-corrected chi connectivity index (χ4v) is 2.53. The Kier molecular flexibility index (Phi) is 10.3. The average Bonchev–Trinajstić information content (AvgIpc) is 2.79. The molecule has 0 aromatic heterocycles. The van der Waals surface area contributed by atoms with Gasteiger partial charge in [0, 0.05) is 5.56 Å². The number of aldehydes is 1. The molecule has 0 saturated heterocycles. The van der Waals surface area contributed by atoms with Crippen molar-refractivity contribution < 1.29 is 43.5 Å². The molecule has 0 radical (unpaired) electrons. The molecule has 31 heavy (non-hydrogen) atoms. The van der Waals surface area contributed by atoms with Crippen LogP contribution in [-0.2, 0) is 50.6 Å². The second-order valence-electron chi connectivity index (χ2n) is 6.13. The van der Waals surface area contributed by atoms with Gasteiger partial charge in [0.2, 0.25) is 0 Å². The van der Waals surface area contributed by atoms with Gasteiger partial charge in [0.1, 0.15) is 19.5 Å². The van der Waals surface area contributed by atoms with E-state index in [4.69, 9.17) is 29.1 Å². The van der Waals surface area contributed by atoms with Crippen molar-refractivity contribution >= 4 is 18.2 Å². The Balaban J connectivity index is 2.26. The van der Waals surface area contributed by atoms with Gasteiger partial charge in [-0.25, -0.2) is 9.68 Å². The number of hydrogen-bond donors (Lipinski definition) is 1. The topological polar surface area (TPSA) is 118 Å². The van der Waals surface area contributed by atoms with E-state index in [0.29, 0.717) is 11.8 Å². The zero-order valence-corrected chi connectivity index (χ0v) is 16.8. The second kappa shape index (κ2) is 13.2. The molecule has 2 rings (SSSR count). The summed E-state index contributed by atoms with van der Waals surface area (Å²) in [6.07, 6.45) is 0.273. The van der Waals surface area contributed by atoms with Crippen LogP contribution in [0.25, 0.3) is 0 Å². The molecule has 0 aliphatic carbocycles. The summed E-state index contributed by atoms with van der Waals surface area (Å²) in [5.74, 6) is -4.25. The highest BCUT2D eigenvalue weighted by Crippen LogP contribution is 2.30. The van der Waals surface area contributed by atoms with E-state index in [1.165, 1.54) is 12.1 Å². The Bertz CT molecular complexity index is 810. The van der Waals surface area contributed by atoms with E-state index >= 15 is 0 Å². The molecular weight excluding hydrogens is 408 g/mol. The molecule has 0 aliphatic heterocycles. The van der Waals surface area contributed by atoms with Gasteiger partial charge in [-0.05, 0) is 5.56 Å². The molecule has 1 atom stereocenters. The Morgan fingerprint density at radius 1 is 0.935 bits per heavy atom. The minimum absolute atomic E-state index is 0.00429. The summed E-state index contributed by atoms with van der Waals surface area (Å²) >= 11 is 0. The molecule has 0 amide bonds. The molecule has 0 bridgehead atoms. The highest BCUT2D eigenvalue weighted by Gasteiger charge is 2.49. The normalized spacial score (nSPS) is 12.5. The SMILES string of the molecule is O=CCOOC(OC(=O)Cc1ccccc1)(C(=O)OCCOCCO)c1ccccc1.